The van der Waals surface area contributed by atoms with Crippen LogP contribution >= 0.6 is 0 Å². The summed E-state index contributed by atoms with van der Waals surface area (Å²) < 4.78 is 5.27. The molecule has 0 bridgehead atoms. The quantitative estimate of drug-likeness (QED) is 0.528. The maximum atomic E-state index is 5.41. The summed E-state index contributed by atoms with van der Waals surface area (Å²) in [5.41, 5.74) is 5.41. The minimum Gasteiger partial charge on any atom is -0.380 e. The van der Waals surface area contributed by atoms with E-state index in [1.807, 2.05) is 0 Å². The monoisotopic (exact) mass is 160 g/mol. The van der Waals surface area contributed by atoms with Gasteiger partial charge >= 0.3 is 0 Å². The van der Waals surface area contributed by atoms with Gasteiger partial charge in [0.15, 0.2) is 0 Å². The van der Waals surface area contributed by atoms with E-state index < -0.39 is 0 Å². The molecule has 0 rings (SSSR count). The van der Waals surface area contributed by atoms with Crippen molar-refractivity contribution in [2.24, 2.45) is 5.73 Å². The Morgan fingerprint density at radius 1 is 1.45 bits per heavy atom. The Labute approximate surface area is 69.3 Å². The van der Waals surface area contributed by atoms with Crippen LogP contribution in [-0.2, 0) is 4.74 Å². The highest BCUT2D eigenvalue weighted by molar-refractivity contribution is 4.59. The normalized spacial score (nSPS) is 13.4. The van der Waals surface area contributed by atoms with Gasteiger partial charge in [-0.1, -0.05) is 6.92 Å². The van der Waals surface area contributed by atoms with Gasteiger partial charge in [-0.05, 0) is 13.3 Å². The van der Waals surface area contributed by atoms with Crippen molar-refractivity contribution in [3.05, 3.63) is 0 Å². The van der Waals surface area contributed by atoms with Gasteiger partial charge in [0.1, 0.15) is 0 Å². The molecule has 0 amide bonds. The first kappa shape index (κ1) is 10.9. The van der Waals surface area contributed by atoms with E-state index in [9.17, 15) is 0 Å². The number of hydrogen-bond acceptors (Lipinski definition) is 3. The number of nitrogens with two attached hydrogens (primary N) is 1. The lowest BCUT2D eigenvalue weighted by Gasteiger charge is -2.10. The van der Waals surface area contributed by atoms with Gasteiger partial charge in [0, 0.05) is 25.7 Å². The molecule has 0 aliphatic heterocycles. The van der Waals surface area contributed by atoms with Gasteiger partial charge in [0.2, 0.25) is 0 Å². The summed E-state index contributed by atoms with van der Waals surface area (Å²) >= 11 is 0. The molecule has 3 heteroatoms. The lowest BCUT2D eigenvalue weighted by atomic mass is 10.3. The third-order valence-electron chi connectivity index (χ3n) is 1.44. The van der Waals surface area contributed by atoms with Crippen LogP contribution in [0.1, 0.15) is 20.3 Å². The van der Waals surface area contributed by atoms with Gasteiger partial charge in [0.05, 0.1) is 6.61 Å². The molecule has 0 saturated heterocycles. The molecular formula is C8H20N2O. The molecule has 0 aliphatic carbocycles. The molecule has 3 N–H and O–H groups in total. The van der Waals surface area contributed by atoms with Crippen molar-refractivity contribution in [1.29, 1.82) is 0 Å². The van der Waals surface area contributed by atoms with Gasteiger partial charge < -0.3 is 15.8 Å². The van der Waals surface area contributed by atoms with E-state index in [2.05, 4.69) is 19.2 Å². The van der Waals surface area contributed by atoms with Crippen LogP contribution in [0, 0.1) is 0 Å². The molecule has 0 heterocycles. The van der Waals surface area contributed by atoms with Gasteiger partial charge in [-0.3, -0.25) is 0 Å². The Kier molecular flexibility index (Phi) is 7.89. The summed E-state index contributed by atoms with van der Waals surface area (Å²) in [6.45, 7) is 7.42. The maximum Gasteiger partial charge on any atom is 0.0591 e. The van der Waals surface area contributed by atoms with Gasteiger partial charge in [-0.25, -0.2) is 0 Å². The zero-order valence-electron chi connectivity index (χ0n) is 7.60. The number of ether oxygens (including phenoxy) is 1. The van der Waals surface area contributed by atoms with Crippen LogP contribution in [0.15, 0.2) is 0 Å². The molecule has 1 atom stereocenters. The van der Waals surface area contributed by atoms with Crippen molar-refractivity contribution in [3.8, 4) is 0 Å². The zero-order valence-corrected chi connectivity index (χ0v) is 7.60. The predicted octanol–water partition coefficient (Wildman–Crippen LogP) is 0.350. The van der Waals surface area contributed by atoms with E-state index in [-0.39, 0.29) is 0 Å². The van der Waals surface area contributed by atoms with Crippen molar-refractivity contribution < 1.29 is 4.74 Å². The second-order valence-electron chi connectivity index (χ2n) is 2.70. The number of hydrogen-bond donors (Lipinski definition) is 2. The predicted molar refractivity (Wildman–Crippen MR) is 47.6 cm³/mol. The first-order valence-corrected chi connectivity index (χ1v) is 4.32. The van der Waals surface area contributed by atoms with E-state index in [1.165, 1.54) is 0 Å². The Balaban J connectivity index is 2.89. The molecule has 3 nitrogen and oxygen atoms in total. The largest absolute Gasteiger partial charge is 0.380 e. The zero-order chi connectivity index (χ0) is 8.53. The van der Waals surface area contributed by atoms with E-state index in [0.717, 1.165) is 26.2 Å². The lowest BCUT2D eigenvalue weighted by Crippen LogP contribution is -2.35. The maximum absolute atomic E-state index is 5.41. The Morgan fingerprint density at radius 2 is 2.18 bits per heavy atom. The first-order valence-electron chi connectivity index (χ1n) is 4.32. The molecule has 0 aromatic carbocycles. The van der Waals surface area contributed by atoms with E-state index in [4.69, 9.17) is 10.5 Å². The Bertz CT molecular complexity index is 78.5. The van der Waals surface area contributed by atoms with Crippen molar-refractivity contribution in [1.82, 2.24) is 5.32 Å². The molecule has 68 valence electrons. The second kappa shape index (κ2) is 7.98. The van der Waals surface area contributed by atoms with Crippen molar-refractivity contribution in [2.45, 2.75) is 26.3 Å². The van der Waals surface area contributed by atoms with Crippen LogP contribution in [-0.4, -0.2) is 32.3 Å². The highest BCUT2D eigenvalue weighted by atomic mass is 16.5. The molecular weight excluding hydrogens is 140 g/mol. The van der Waals surface area contributed by atoms with Crippen molar-refractivity contribution in [3.63, 3.8) is 0 Å². The Hall–Kier alpha value is -0.120. The minimum atomic E-state index is 0.403. The Morgan fingerprint density at radius 3 is 2.73 bits per heavy atom. The molecule has 0 spiro atoms. The lowest BCUT2D eigenvalue weighted by molar-refractivity contribution is 0.135. The molecule has 0 fully saturated rings. The van der Waals surface area contributed by atoms with Crippen LogP contribution in [0.4, 0.5) is 0 Å². The van der Waals surface area contributed by atoms with E-state index >= 15 is 0 Å². The van der Waals surface area contributed by atoms with Crippen molar-refractivity contribution >= 4 is 0 Å². The fourth-order valence-corrected chi connectivity index (χ4v) is 0.707. The van der Waals surface area contributed by atoms with Crippen LogP contribution in [0.2, 0.25) is 0 Å². The summed E-state index contributed by atoms with van der Waals surface area (Å²) in [5, 5.41) is 3.24. The SMILES string of the molecule is CCCOCCNC(C)CN. The number of nitrogens with one attached hydrogen (secondary N) is 1. The molecule has 0 aromatic heterocycles. The van der Waals surface area contributed by atoms with Gasteiger partial charge in [0.25, 0.3) is 0 Å². The van der Waals surface area contributed by atoms with Crippen LogP contribution in [0.25, 0.3) is 0 Å². The van der Waals surface area contributed by atoms with Gasteiger partial charge in [-0.15, -0.1) is 0 Å². The molecule has 1 unspecified atom stereocenters. The summed E-state index contributed by atoms with van der Waals surface area (Å²) in [6.07, 6.45) is 1.09. The second-order valence-corrected chi connectivity index (χ2v) is 2.70. The fourth-order valence-electron chi connectivity index (χ4n) is 0.707. The molecule has 11 heavy (non-hydrogen) atoms. The average Bonchev–Trinajstić information content (AvgIpc) is 2.04. The van der Waals surface area contributed by atoms with Crippen LogP contribution in [0.5, 0.6) is 0 Å². The van der Waals surface area contributed by atoms with Crippen molar-refractivity contribution in [2.75, 3.05) is 26.3 Å². The topological polar surface area (TPSA) is 47.3 Å². The highest BCUT2D eigenvalue weighted by Crippen LogP contribution is 1.80. The smallest absolute Gasteiger partial charge is 0.0591 e. The average molecular weight is 160 g/mol. The molecule has 0 radical (unpaired) electrons. The summed E-state index contributed by atoms with van der Waals surface area (Å²) in [5.74, 6) is 0. The first-order chi connectivity index (χ1) is 5.31. The summed E-state index contributed by atoms with van der Waals surface area (Å²) in [7, 11) is 0. The molecule has 0 aliphatic rings. The van der Waals surface area contributed by atoms with Crippen LogP contribution < -0.4 is 11.1 Å². The van der Waals surface area contributed by atoms with E-state index in [1.54, 1.807) is 0 Å². The minimum absolute atomic E-state index is 0.403. The van der Waals surface area contributed by atoms with Gasteiger partial charge in [-0.2, -0.15) is 0 Å². The molecule has 0 saturated carbocycles. The fraction of sp³-hybridized carbons (Fsp3) is 1.00. The van der Waals surface area contributed by atoms with E-state index in [0.29, 0.717) is 12.6 Å². The van der Waals surface area contributed by atoms with Crippen LogP contribution in [0.3, 0.4) is 0 Å². The summed E-state index contributed by atoms with van der Waals surface area (Å²) in [6, 6.07) is 0.403. The highest BCUT2D eigenvalue weighted by Gasteiger charge is 1.94. The third-order valence-corrected chi connectivity index (χ3v) is 1.44. The summed E-state index contributed by atoms with van der Waals surface area (Å²) in [4.78, 5) is 0. The number of rotatable bonds is 7. The molecule has 0 aromatic rings. The third kappa shape index (κ3) is 7.78. The standard InChI is InChI=1S/C8H20N2O/c1-3-5-11-6-4-10-8(2)7-9/h8,10H,3-7,9H2,1-2H3.